The van der Waals surface area contributed by atoms with Crippen molar-refractivity contribution >= 4 is 23.3 Å². The van der Waals surface area contributed by atoms with Gasteiger partial charge in [0.15, 0.2) is 0 Å². The number of anilines is 2. The molecular weight excluding hydrogens is 435 g/mol. The van der Waals surface area contributed by atoms with Crippen LogP contribution in [-0.2, 0) is 17.1 Å². The number of halogens is 7. The lowest BCUT2D eigenvalue weighted by atomic mass is 10.1. The van der Waals surface area contributed by atoms with Crippen molar-refractivity contribution in [3.8, 4) is 0 Å². The van der Waals surface area contributed by atoms with Crippen molar-refractivity contribution < 1.29 is 40.3 Å². The molecule has 5 nitrogen and oxygen atoms in total. The van der Waals surface area contributed by atoms with Crippen LogP contribution in [0.5, 0.6) is 0 Å². The molecule has 166 valence electrons. The van der Waals surface area contributed by atoms with Gasteiger partial charge < -0.3 is 15.5 Å². The van der Waals surface area contributed by atoms with E-state index >= 15 is 0 Å². The van der Waals surface area contributed by atoms with Crippen molar-refractivity contribution in [3.05, 3.63) is 59.4 Å². The Morgan fingerprint density at radius 3 is 2.13 bits per heavy atom. The lowest BCUT2D eigenvalue weighted by molar-refractivity contribution is -0.143. The summed E-state index contributed by atoms with van der Waals surface area (Å²) in [5.74, 6) is -1.02. The summed E-state index contributed by atoms with van der Waals surface area (Å²) in [6.07, 6.45) is -10.3. The zero-order valence-electron chi connectivity index (χ0n) is 15.4. The quantitative estimate of drug-likeness (QED) is 0.662. The second-order valence-corrected chi connectivity index (χ2v) is 6.78. The van der Waals surface area contributed by atoms with Crippen LogP contribution in [0.3, 0.4) is 0 Å². The minimum absolute atomic E-state index is 0.0495. The number of nitrogens with one attached hydrogen (secondary N) is 2. The molecule has 1 atom stereocenters. The first-order chi connectivity index (χ1) is 14.3. The standard InChI is InChI=1S/C19H14F7N3O2/c20-12-2-1-3-15(7-12)29-9-14(8-16(29)30)28-17(31)27-13-5-10(18(21,22)23)4-11(6-13)19(24,25)26/h1-7,14H,8-9H2,(H2,27,28,31). The second-order valence-electron chi connectivity index (χ2n) is 6.78. The molecule has 1 aliphatic heterocycles. The Hall–Kier alpha value is -3.31. The summed E-state index contributed by atoms with van der Waals surface area (Å²) in [7, 11) is 0. The van der Waals surface area contributed by atoms with Crippen molar-refractivity contribution in [1.29, 1.82) is 0 Å². The van der Waals surface area contributed by atoms with E-state index in [1.807, 2.05) is 5.32 Å². The van der Waals surface area contributed by atoms with Gasteiger partial charge in [-0.05, 0) is 36.4 Å². The summed E-state index contributed by atoms with van der Waals surface area (Å²) in [6.45, 7) is -0.0495. The van der Waals surface area contributed by atoms with Crippen molar-refractivity contribution in [3.63, 3.8) is 0 Å². The van der Waals surface area contributed by atoms with Gasteiger partial charge in [0.2, 0.25) is 5.91 Å². The Morgan fingerprint density at radius 1 is 0.968 bits per heavy atom. The monoisotopic (exact) mass is 449 g/mol. The van der Waals surface area contributed by atoms with Gasteiger partial charge >= 0.3 is 18.4 Å². The summed E-state index contributed by atoms with van der Waals surface area (Å²) >= 11 is 0. The van der Waals surface area contributed by atoms with E-state index in [4.69, 9.17) is 0 Å². The van der Waals surface area contributed by atoms with Crippen LogP contribution in [0.25, 0.3) is 0 Å². The van der Waals surface area contributed by atoms with Crippen LogP contribution in [0.15, 0.2) is 42.5 Å². The van der Waals surface area contributed by atoms with Gasteiger partial charge in [0.1, 0.15) is 5.82 Å². The molecule has 2 N–H and O–H groups in total. The SMILES string of the molecule is O=C(Nc1cc(C(F)(F)F)cc(C(F)(F)F)c1)NC1CC(=O)N(c2cccc(F)c2)C1. The van der Waals surface area contributed by atoms with Crippen LogP contribution >= 0.6 is 0 Å². The number of hydrogen-bond acceptors (Lipinski definition) is 2. The predicted molar refractivity (Wildman–Crippen MR) is 95.8 cm³/mol. The van der Waals surface area contributed by atoms with Crippen molar-refractivity contribution in [2.45, 2.75) is 24.8 Å². The molecule has 31 heavy (non-hydrogen) atoms. The Morgan fingerprint density at radius 2 is 1.58 bits per heavy atom. The summed E-state index contributed by atoms with van der Waals surface area (Å²) < 4.78 is 90.8. The van der Waals surface area contributed by atoms with E-state index < -0.39 is 53.0 Å². The average molecular weight is 449 g/mol. The minimum Gasteiger partial charge on any atom is -0.333 e. The Kier molecular flexibility index (Phi) is 5.83. The van der Waals surface area contributed by atoms with Crippen LogP contribution < -0.4 is 15.5 Å². The molecular formula is C19H14F7N3O2. The number of urea groups is 1. The highest BCUT2D eigenvalue weighted by Gasteiger charge is 2.37. The van der Waals surface area contributed by atoms with Gasteiger partial charge in [-0.1, -0.05) is 6.07 Å². The van der Waals surface area contributed by atoms with Crippen LogP contribution in [-0.4, -0.2) is 24.5 Å². The molecule has 1 unspecified atom stereocenters. The van der Waals surface area contributed by atoms with Crippen molar-refractivity contribution in [1.82, 2.24) is 5.32 Å². The van der Waals surface area contributed by atoms with Crippen molar-refractivity contribution in [2.24, 2.45) is 0 Å². The lowest BCUT2D eigenvalue weighted by Crippen LogP contribution is -2.39. The fraction of sp³-hybridized carbons (Fsp3) is 0.263. The first kappa shape index (κ1) is 22.4. The molecule has 12 heteroatoms. The molecule has 0 saturated carbocycles. The van der Waals surface area contributed by atoms with E-state index in [1.54, 1.807) is 0 Å². The summed E-state index contributed by atoms with van der Waals surface area (Å²) in [5, 5.41) is 4.25. The number of hydrogen-bond donors (Lipinski definition) is 2. The van der Waals surface area contributed by atoms with E-state index in [0.29, 0.717) is 12.1 Å². The molecule has 1 heterocycles. The predicted octanol–water partition coefficient (Wildman–Crippen LogP) is 4.79. The molecule has 2 aromatic rings. The maximum absolute atomic E-state index is 13.4. The third-order valence-electron chi connectivity index (χ3n) is 4.43. The Labute approximate surface area is 170 Å². The van der Waals surface area contributed by atoms with E-state index in [-0.39, 0.29) is 24.7 Å². The van der Waals surface area contributed by atoms with E-state index in [1.165, 1.54) is 23.1 Å². The maximum atomic E-state index is 13.4. The minimum atomic E-state index is -5.06. The fourth-order valence-electron chi connectivity index (χ4n) is 3.08. The lowest BCUT2D eigenvalue weighted by Gasteiger charge is -2.18. The molecule has 0 aromatic heterocycles. The molecule has 1 saturated heterocycles. The zero-order chi connectivity index (χ0) is 23.0. The summed E-state index contributed by atoms with van der Waals surface area (Å²) in [6, 6.07) is 3.95. The second kappa shape index (κ2) is 8.08. The normalized spacial score (nSPS) is 17.1. The highest BCUT2D eigenvalue weighted by atomic mass is 19.4. The maximum Gasteiger partial charge on any atom is 0.416 e. The van der Waals surface area contributed by atoms with E-state index in [0.717, 1.165) is 6.07 Å². The molecule has 3 amide bonds. The molecule has 0 bridgehead atoms. The number of rotatable bonds is 3. The van der Waals surface area contributed by atoms with E-state index in [9.17, 15) is 40.3 Å². The third kappa shape index (κ3) is 5.44. The molecule has 2 aromatic carbocycles. The highest BCUT2D eigenvalue weighted by Crippen LogP contribution is 2.37. The number of alkyl halides is 6. The largest absolute Gasteiger partial charge is 0.416 e. The number of benzene rings is 2. The number of carbonyl (C=O) groups is 2. The van der Waals surface area contributed by atoms with Gasteiger partial charge in [-0.15, -0.1) is 0 Å². The van der Waals surface area contributed by atoms with Gasteiger partial charge in [-0.25, -0.2) is 9.18 Å². The Bertz CT molecular complexity index is 972. The summed E-state index contributed by atoms with van der Waals surface area (Å²) in [4.78, 5) is 25.5. The number of carbonyl (C=O) groups excluding carboxylic acids is 2. The van der Waals surface area contributed by atoms with Gasteiger partial charge in [0.25, 0.3) is 0 Å². The zero-order valence-corrected chi connectivity index (χ0v) is 15.4. The van der Waals surface area contributed by atoms with E-state index in [2.05, 4.69) is 5.32 Å². The number of amides is 3. The fourth-order valence-corrected chi connectivity index (χ4v) is 3.08. The van der Waals surface area contributed by atoms with Crippen molar-refractivity contribution in [2.75, 3.05) is 16.8 Å². The van der Waals surface area contributed by atoms with Gasteiger partial charge in [-0.3, -0.25) is 4.79 Å². The molecule has 1 aliphatic rings. The van der Waals surface area contributed by atoms with Crippen LogP contribution in [0.2, 0.25) is 0 Å². The van der Waals surface area contributed by atoms with Crippen LogP contribution in [0, 0.1) is 5.82 Å². The topological polar surface area (TPSA) is 61.4 Å². The molecule has 0 spiro atoms. The Balaban J connectivity index is 1.72. The molecule has 1 fully saturated rings. The molecule has 3 rings (SSSR count). The third-order valence-corrected chi connectivity index (χ3v) is 4.43. The van der Waals surface area contributed by atoms with Gasteiger partial charge in [0, 0.05) is 24.3 Å². The first-order valence-corrected chi connectivity index (χ1v) is 8.76. The average Bonchev–Trinajstić information content (AvgIpc) is 3.00. The van der Waals surface area contributed by atoms with Gasteiger partial charge in [-0.2, -0.15) is 26.3 Å². The smallest absolute Gasteiger partial charge is 0.333 e. The van der Waals surface area contributed by atoms with Crippen LogP contribution in [0.4, 0.5) is 46.9 Å². The first-order valence-electron chi connectivity index (χ1n) is 8.76. The summed E-state index contributed by atoms with van der Waals surface area (Å²) in [5.41, 5.74) is -3.62. The molecule has 0 radical (unpaired) electrons. The van der Waals surface area contributed by atoms with Gasteiger partial charge in [0.05, 0.1) is 17.2 Å². The van der Waals surface area contributed by atoms with Crippen LogP contribution in [0.1, 0.15) is 17.5 Å². The number of nitrogens with zero attached hydrogens (tertiary/aromatic N) is 1. The molecule has 0 aliphatic carbocycles. The highest BCUT2D eigenvalue weighted by molar-refractivity contribution is 5.97.